The number of hydrogen-bond acceptors (Lipinski definition) is 4. The highest BCUT2D eigenvalue weighted by Gasteiger charge is 2.30. The molecule has 0 amide bonds. The second-order valence-corrected chi connectivity index (χ2v) is 6.50. The maximum Gasteiger partial charge on any atom is 0.282 e. The van der Waals surface area contributed by atoms with E-state index in [-0.39, 0.29) is 12.4 Å². The molecule has 0 saturated carbocycles. The number of oxime groups is 1. The summed E-state index contributed by atoms with van der Waals surface area (Å²) < 4.78 is 26.8. The lowest BCUT2D eigenvalue weighted by Crippen LogP contribution is -2.48. The molecule has 100 valence electrons. The molecule has 0 spiro atoms. The second kappa shape index (κ2) is 5.65. The molecule has 1 heterocycles. The van der Waals surface area contributed by atoms with Gasteiger partial charge in [-0.1, -0.05) is 12.1 Å². The lowest BCUT2D eigenvalue weighted by Gasteiger charge is -2.32. The molecule has 0 aromatic rings. The molecule has 1 saturated heterocycles. The third kappa shape index (κ3) is 3.55. The Bertz CT molecular complexity index is 382. The van der Waals surface area contributed by atoms with E-state index in [2.05, 4.69) is 5.16 Å². The molecule has 1 fully saturated rings. The van der Waals surface area contributed by atoms with Gasteiger partial charge in [-0.15, -0.1) is 0 Å². The van der Waals surface area contributed by atoms with Crippen LogP contribution in [0.25, 0.3) is 0 Å². The van der Waals surface area contributed by atoms with Crippen LogP contribution in [0.3, 0.4) is 0 Å². The highest BCUT2D eigenvalue weighted by Crippen LogP contribution is 2.19. The number of piperidine rings is 1. The SMILES string of the molecule is CC1CCCN(S(=O)(=O)N(C)CC(N)=NO)C1. The zero-order valence-corrected chi connectivity index (χ0v) is 11.0. The fraction of sp³-hybridized carbons (Fsp3) is 0.889. The van der Waals surface area contributed by atoms with Crippen LogP contribution in [0.15, 0.2) is 5.16 Å². The average Bonchev–Trinajstić information content (AvgIpc) is 2.28. The van der Waals surface area contributed by atoms with Crippen LogP contribution in [0.4, 0.5) is 0 Å². The van der Waals surface area contributed by atoms with Crippen molar-refractivity contribution in [2.24, 2.45) is 16.8 Å². The van der Waals surface area contributed by atoms with Crippen molar-refractivity contribution in [2.75, 3.05) is 26.7 Å². The van der Waals surface area contributed by atoms with E-state index in [0.29, 0.717) is 19.0 Å². The van der Waals surface area contributed by atoms with Crippen LogP contribution in [-0.2, 0) is 10.2 Å². The van der Waals surface area contributed by atoms with Crippen molar-refractivity contribution in [3.63, 3.8) is 0 Å². The van der Waals surface area contributed by atoms with Crippen LogP contribution in [0.1, 0.15) is 19.8 Å². The van der Waals surface area contributed by atoms with Crippen molar-refractivity contribution in [3.05, 3.63) is 0 Å². The van der Waals surface area contributed by atoms with E-state index in [1.807, 2.05) is 6.92 Å². The number of nitrogens with two attached hydrogens (primary N) is 1. The topological polar surface area (TPSA) is 99.2 Å². The Morgan fingerprint density at radius 1 is 1.65 bits per heavy atom. The number of likely N-dealkylation sites (N-methyl/N-ethyl adjacent to an activating group) is 1. The summed E-state index contributed by atoms with van der Waals surface area (Å²) in [5.41, 5.74) is 5.30. The molecule has 0 aromatic heterocycles. The van der Waals surface area contributed by atoms with E-state index in [4.69, 9.17) is 10.9 Å². The van der Waals surface area contributed by atoms with Gasteiger partial charge in [0.1, 0.15) is 0 Å². The molecule has 8 heteroatoms. The van der Waals surface area contributed by atoms with Gasteiger partial charge in [-0.2, -0.15) is 17.0 Å². The summed E-state index contributed by atoms with van der Waals surface area (Å²) in [7, 11) is -2.08. The Morgan fingerprint density at radius 3 is 2.82 bits per heavy atom. The Hall–Kier alpha value is -0.860. The Balaban J connectivity index is 2.72. The van der Waals surface area contributed by atoms with Gasteiger partial charge in [0.25, 0.3) is 10.2 Å². The fourth-order valence-corrected chi connectivity index (χ4v) is 3.39. The molecule has 1 rings (SSSR count). The first kappa shape index (κ1) is 14.2. The van der Waals surface area contributed by atoms with Crippen LogP contribution in [0.2, 0.25) is 0 Å². The third-order valence-electron chi connectivity index (χ3n) is 2.85. The maximum absolute atomic E-state index is 12.1. The predicted octanol–water partition coefficient (Wildman–Crippen LogP) is -0.359. The van der Waals surface area contributed by atoms with Gasteiger partial charge in [0.15, 0.2) is 5.84 Å². The van der Waals surface area contributed by atoms with Crippen molar-refractivity contribution in [1.29, 1.82) is 0 Å². The molecule has 17 heavy (non-hydrogen) atoms. The fourth-order valence-electron chi connectivity index (χ4n) is 1.89. The number of rotatable bonds is 4. The molecule has 7 nitrogen and oxygen atoms in total. The maximum atomic E-state index is 12.1. The molecule has 0 aromatic carbocycles. The van der Waals surface area contributed by atoms with Crippen LogP contribution in [0.5, 0.6) is 0 Å². The first-order chi connectivity index (χ1) is 7.87. The molecule has 3 N–H and O–H groups in total. The number of nitrogens with zero attached hydrogens (tertiary/aromatic N) is 3. The molecule has 0 radical (unpaired) electrons. The molecule has 1 aliphatic rings. The predicted molar refractivity (Wildman–Crippen MR) is 64.9 cm³/mol. The van der Waals surface area contributed by atoms with Gasteiger partial charge in [-0.3, -0.25) is 0 Å². The minimum absolute atomic E-state index is 0.107. The Morgan fingerprint density at radius 2 is 2.29 bits per heavy atom. The van der Waals surface area contributed by atoms with E-state index < -0.39 is 10.2 Å². The summed E-state index contributed by atoms with van der Waals surface area (Å²) in [5, 5.41) is 11.2. The standard InChI is InChI=1S/C9H20N4O3S/c1-8-4-3-5-13(6-8)17(15,16)12(2)7-9(10)11-14/h8,14H,3-7H2,1-2H3,(H2,10,11). The van der Waals surface area contributed by atoms with Crippen molar-refractivity contribution in [1.82, 2.24) is 8.61 Å². The Labute approximate surface area is 102 Å². The molecule has 1 atom stereocenters. The largest absolute Gasteiger partial charge is 0.409 e. The zero-order chi connectivity index (χ0) is 13.1. The lowest BCUT2D eigenvalue weighted by molar-refractivity contribution is 0.266. The molecular weight excluding hydrogens is 244 g/mol. The van der Waals surface area contributed by atoms with Crippen molar-refractivity contribution < 1.29 is 13.6 Å². The molecule has 0 bridgehead atoms. The van der Waals surface area contributed by atoms with E-state index in [0.717, 1.165) is 17.1 Å². The average molecular weight is 264 g/mol. The van der Waals surface area contributed by atoms with E-state index >= 15 is 0 Å². The van der Waals surface area contributed by atoms with Gasteiger partial charge in [0, 0.05) is 20.1 Å². The smallest absolute Gasteiger partial charge is 0.282 e. The highest BCUT2D eigenvalue weighted by molar-refractivity contribution is 7.86. The first-order valence-electron chi connectivity index (χ1n) is 5.55. The monoisotopic (exact) mass is 264 g/mol. The third-order valence-corrected chi connectivity index (χ3v) is 4.75. The van der Waals surface area contributed by atoms with Crippen LogP contribution < -0.4 is 5.73 Å². The minimum Gasteiger partial charge on any atom is -0.409 e. The number of amidine groups is 1. The van der Waals surface area contributed by atoms with E-state index in [9.17, 15) is 8.42 Å². The summed E-state index contributed by atoms with van der Waals surface area (Å²) >= 11 is 0. The first-order valence-corrected chi connectivity index (χ1v) is 6.95. The molecular formula is C9H20N4O3S. The zero-order valence-electron chi connectivity index (χ0n) is 10.2. The summed E-state index contributed by atoms with van der Waals surface area (Å²) in [5.74, 6) is 0.247. The summed E-state index contributed by atoms with van der Waals surface area (Å²) in [6, 6.07) is 0. The molecule has 0 aliphatic carbocycles. The van der Waals surface area contributed by atoms with E-state index in [1.165, 1.54) is 11.4 Å². The highest BCUT2D eigenvalue weighted by atomic mass is 32.2. The van der Waals surface area contributed by atoms with Crippen molar-refractivity contribution in [2.45, 2.75) is 19.8 Å². The normalized spacial score (nSPS) is 24.2. The molecule has 1 unspecified atom stereocenters. The number of hydrogen-bond donors (Lipinski definition) is 2. The Kier molecular flexibility index (Phi) is 4.72. The minimum atomic E-state index is -3.51. The van der Waals surface area contributed by atoms with E-state index in [1.54, 1.807) is 0 Å². The van der Waals surface area contributed by atoms with Gasteiger partial charge in [0.2, 0.25) is 0 Å². The van der Waals surface area contributed by atoms with Gasteiger partial charge in [-0.25, -0.2) is 0 Å². The summed E-state index contributed by atoms with van der Waals surface area (Å²) in [4.78, 5) is 0. The quantitative estimate of drug-likeness (QED) is 0.313. The van der Waals surface area contributed by atoms with Crippen LogP contribution in [-0.4, -0.2) is 54.8 Å². The van der Waals surface area contributed by atoms with Gasteiger partial charge >= 0.3 is 0 Å². The molecule has 1 aliphatic heterocycles. The van der Waals surface area contributed by atoms with Crippen molar-refractivity contribution >= 4 is 16.0 Å². The van der Waals surface area contributed by atoms with Gasteiger partial charge < -0.3 is 10.9 Å². The van der Waals surface area contributed by atoms with Gasteiger partial charge in [-0.05, 0) is 18.8 Å². The van der Waals surface area contributed by atoms with Crippen molar-refractivity contribution in [3.8, 4) is 0 Å². The second-order valence-electron chi connectivity index (χ2n) is 4.46. The van der Waals surface area contributed by atoms with Crippen LogP contribution >= 0.6 is 0 Å². The van der Waals surface area contributed by atoms with Gasteiger partial charge in [0.05, 0.1) is 6.54 Å². The summed E-state index contributed by atoms with van der Waals surface area (Å²) in [6.07, 6.45) is 1.92. The lowest BCUT2D eigenvalue weighted by atomic mass is 10.0. The summed E-state index contributed by atoms with van der Waals surface area (Å²) in [6.45, 7) is 2.99. The van der Waals surface area contributed by atoms with Crippen LogP contribution in [0, 0.1) is 5.92 Å².